The Balaban J connectivity index is 1.65. The number of nitrogens with one attached hydrogen (secondary N) is 1. The summed E-state index contributed by atoms with van der Waals surface area (Å²) in [7, 11) is 1.75. The predicted molar refractivity (Wildman–Crippen MR) is 92.7 cm³/mol. The fourth-order valence-electron chi connectivity index (χ4n) is 2.58. The zero-order valence-corrected chi connectivity index (χ0v) is 14.0. The Labute approximate surface area is 143 Å². The highest BCUT2D eigenvalue weighted by atomic mass is 32.1. The molecule has 24 heavy (non-hydrogen) atoms. The molecule has 0 aliphatic carbocycles. The fraction of sp³-hybridized carbons (Fsp3) is 0.294. The van der Waals surface area contributed by atoms with Crippen LogP contribution in [0.15, 0.2) is 41.8 Å². The number of carbonyl (C=O) groups excluding carboxylic acids is 1. The third-order valence-corrected chi connectivity index (χ3v) is 4.84. The van der Waals surface area contributed by atoms with E-state index in [0.717, 1.165) is 10.4 Å². The third kappa shape index (κ3) is 3.33. The van der Waals surface area contributed by atoms with Crippen molar-refractivity contribution in [1.29, 1.82) is 0 Å². The van der Waals surface area contributed by atoms with Crippen LogP contribution in [0.25, 0.3) is 11.0 Å². The molecular weight excluding hydrogens is 326 g/mol. The second-order valence-corrected chi connectivity index (χ2v) is 6.56. The highest BCUT2D eigenvalue weighted by molar-refractivity contribution is 7.09. The monoisotopic (exact) mass is 345 g/mol. The number of aliphatic hydroxyl groups excluding tert-OH is 2. The van der Waals surface area contributed by atoms with E-state index < -0.39 is 18.1 Å². The first-order chi connectivity index (χ1) is 11.6. The van der Waals surface area contributed by atoms with Gasteiger partial charge in [-0.3, -0.25) is 4.79 Å². The van der Waals surface area contributed by atoms with Gasteiger partial charge in [0.05, 0.1) is 11.0 Å². The first-order valence-electron chi connectivity index (χ1n) is 7.65. The second-order valence-electron chi connectivity index (χ2n) is 5.53. The number of para-hydroxylation sites is 2. The SMILES string of the molecule is Cn1c([C@H](O)[C@@H](O)C(=O)NCCc2cccs2)nc2ccccc21. The van der Waals surface area contributed by atoms with Crippen molar-refractivity contribution in [3.05, 3.63) is 52.5 Å². The number of nitrogens with zero attached hydrogens (tertiary/aromatic N) is 2. The van der Waals surface area contributed by atoms with Gasteiger partial charge in [0.2, 0.25) is 0 Å². The maximum absolute atomic E-state index is 12.1. The maximum atomic E-state index is 12.1. The Morgan fingerprint density at radius 1 is 1.29 bits per heavy atom. The molecule has 3 N–H and O–H groups in total. The van der Waals surface area contributed by atoms with E-state index in [0.29, 0.717) is 18.5 Å². The molecule has 3 aromatic rings. The molecule has 7 heteroatoms. The predicted octanol–water partition coefficient (Wildman–Crippen LogP) is 1.39. The molecular formula is C17H19N3O3S. The molecule has 2 atom stereocenters. The minimum Gasteiger partial charge on any atom is -0.382 e. The summed E-state index contributed by atoms with van der Waals surface area (Å²) in [6, 6.07) is 11.3. The summed E-state index contributed by atoms with van der Waals surface area (Å²) < 4.78 is 1.68. The third-order valence-electron chi connectivity index (χ3n) is 3.90. The number of rotatable bonds is 6. The van der Waals surface area contributed by atoms with Crippen LogP contribution in [0.4, 0.5) is 0 Å². The molecule has 0 aliphatic rings. The van der Waals surface area contributed by atoms with E-state index in [-0.39, 0.29) is 5.82 Å². The van der Waals surface area contributed by atoms with Gasteiger partial charge in [0, 0.05) is 18.5 Å². The molecule has 1 amide bonds. The number of hydrogen-bond donors (Lipinski definition) is 3. The Bertz CT molecular complexity index is 829. The molecule has 0 bridgehead atoms. The number of hydrogen-bond acceptors (Lipinski definition) is 5. The van der Waals surface area contributed by atoms with Gasteiger partial charge in [-0.2, -0.15) is 0 Å². The average Bonchev–Trinajstić information content (AvgIpc) is 3.22. The van der Waals surface area contributed by atoms with Crippen molar-refractivity contribution >= 4 is 28.3 Å². The van der Waals surface area contributed by atoms with Gasteiger partial charge >= 0.3 is 0 Å². The first-order valence-corrected chi connectivity index (χ1v) is 8.53. The summed E-state index contributed by atoms with van der Waals surface area (Å²) in [4.78, 5) is 17.5. The van der Waals surface area contributed by atoms with Crippen molar-refractivity contribution < 1.29 is 15.0 Å². The van der Waals surface area contributed by atoms with Gasteiger partial charge in [-0.25, -0.2) is 4.98 Å². The van der Waals surface area contributed by atoms with Crippen LogP contribution in [-0.4, -0.2) is 38.3 Å². The quantitative estimate of drug-likeness (QED) is 0.630. The lowest BCUT2D eigenvalue weighted by Crippen LogP contribution is -2.40. The molecule has 0 unspecified atom stereocenters. The Hall–Kier alpha value is -2.22. The Kier molecular flexibility index (Phi) is 4.94. The summed E-state index contributed by atoms with van der Waals surface area (Å²) in [6.07, 6.45) is -2.26. The zero-order valence-electron chi connectivity index (χ0n) is 13.2. The van der Waals surface area contributed by atoms with Gasteiger partial charge in [0.15, 0.2) is 6.10 Å². The molecule has 1 aromatic carbocycles. The molecule has 2 heterocycles. The largest absolute Gasteiger partial charge is 0.382 e. The van der Waals surface area contributed by atoms with Crippen molar-refractivity contribution in [3.63, 3.8) is 0 Å². The van der Waals surface area contributed by atoms with Crippen molar-refractivity contribution in [3.8, 4) is 0 Å². The minimum absolute atomic E-state index is 0.261. The number of benzene rings is 1. The first kappa shape index (κ1) is 16.6. The lowest BCUT2D eigenvalue weighted by Gasteiger charge is -2.17. The topological polar surface area (TPSA) is 87.4 Å². The number of fused-ring (bicyclic) bond motifs is 1. The molecule has 0 aliphatic heterocycles. The van der Waals surface area contributed by atoms with E-state index in [1.807, 2.05) is 41.8 Å². The molecule has 0 fully saturated rings. The van der Waals surface area contributed by atoms with Crippen molar-refractivity contribution in [2.24, 2.45) is 7.05 Å². The van der Waals surface area contributed by atoms with E-state index in [9.17, 15) is 15.0 Å². The van der Waals surface area contributed by atoms with Crippen LogP contribution in [0.2, 0.25) is 0 Å². The summed E-state index contributed by atoms with van der Waals surface area (Å²) in [5.74, 6) is -0.344. The summed E-state index contributed by atoms with van der Waals surface area (Å²) in [5, 5.41) is 25.1. The fourth-order valence-corrected chi connectivity index (χ4v) is 3.29. The van der Waals surface area contributed by atoms with Crippen LogP contribution in [0.3, 0.4) is 0 Å². The second kappa shape index (κ2) is 7.12. The van der Waals surface area contributed by atoms with E-state index in [2.05, 4.69) is 10.3 Å². The van der Waals surface area contributed by atoms with Crippen LogP contribution >= 0.6 is 11.3 Å². The molecule has 0 saturated heterocycles. The number of aliphatic hydroxyl groups is 2. The minimum atomic E-state index is -1.57. The van der Waals surface area contributed by atoms with Gasteiger partial charge < -0.3 is 20.1 Å². The van der Waals surface area contributed by atoms with E-state index in [4.69, 9.17) is 0 Å². The van der Waals surface area contributed by atoms with E-state index in [1.165, 1.54) is 0 Å². The van der Waals surface area contributed by atoms with Crippen LogP contribution in [0.1, 0.15) is 16.8 Å². The van der Waals surface area contributed by atoms with Crippen LogP contribution in [-0.2, 0) is 18.3 Å². The zero-order chi connectivity index (χ0) is 17.1. The standard InChI is InChI=1S/C17H19N3O3S/c1-20-13-7-3-2-6-12(13)19-16(20)14(21)15(22)17(23)18-9-8-11-5-4-10-24-11/h2-7,10,14-15,21-22H,8-9H2,1H3,(H,18,23)/t14-,15-/m1/s1. The van der Waals surface area contributed by atoms with Crippen molar-refractivity contribution in [1.82, 2.24) is 14.9 Å². The highest BCUT2D eigenvalue weighted by Crippen LogP contribution is 2.21. The lowest BCUT2D eigenvalue weighted by atomic mass is 10.1. The van der Waals surface area contributed by atoms with Gasteiger partial charge in [-0.1, -0.05) is 18.2 Å². The Morgan fingerprint density at radius 2 is 2.08 bits per heavy atom. The molecule has 0 radical (unpaired) electrons. The van der Waals surface area contributed by atoms with Crippen LogP contribution in [0, 0.1) is 0 Å². The highest BCUT2D eigenvalue weighted by Gasteiger charge is 2.29. The number of aryl methyl sites for hydroxylation is 1. The van der Waals surface area contributed by atoms with Crippen LogP contribution in [0.5, 0.6) is 0 Å². The molecule has 0 spiro atoms. The van der Waals surface area contributed by atoms with E-state index in [1.54, 1.807) is 23.0 Å². The molecule has 6 nitrogen and oxygen atoms in total. The maximum Gasteiger partial charge on any atom is 0.252 e. The summed E-state index contributed by atoms with van der Waals surface area (Å²) in [6.45, 7) is 0.408. The van der Waals surface area contributed by atoms with E-state index >= 15 is 0 Å². The summed E-state index contributed by atoms with van der Waals surface area (Å²) >= 11 is 1.61. The lowest BCUT2D eigenvalue weighted by molar-refractivity contribution is -0.135. The average molecular weight is 345 g/mol. The van der Waals surface area contributed by atoms with Crippen molar-refractivity contribution in [2.45, 2.75) is 18.6 Å². The number of carbonyl (C=O) groups is 1. The molecule has 2 aromatic heterocycles. The van der Waals surface area contributed by atoms with Gasteiger partial charge in [0.25, 0.3) is 5.91 Å². The van der Waals surface area contributed by atoms with Gasteiger partial charge in [0.1, 0.15) is 11.9 Å². The smallest absolute Gasteiger partial charge is 0.252 e. The molecule has 126 valence electrons. The number of imidazole rings is 1. The van der Waals surface area contributed by atoms with Crippen molar-refractivity contribution in [2.75, 3.05) is 6.54 Å². The summed E-state index contributed by atoms with van der Waals surface area (Å²) in [5.41, 5.74) is 1.54. The van der Waals surface area contributed by atoms with Gasteiger partial charge in [-0.15, -0.1) is 11.3 Å². The molecule has 3 rings (SSSR count). The van der Waals surface area contributed by atoms with Crippen LogP contribution < -0.4 is 5.32 Å². The molecule has 0 saturated carbocycles. The van der Waals surface area contributed by atoms with Gasteiger partial charge in [-0.05, 0) is 30.0 Å². The Morgan fingerprint density at radius 3 is 2.79 bits per heavy atom. The normalized spacial score (nSPS) is 13.8. The number of aromatic nitrogens is 2. The number of amides is 1. The number of thiophene rings is 1.